The number of nitrogens with zero attached hydrogens (tertiary/aromatic N) is 4. The smallest absolute Gasteiger partial charge is 0.164 e. The number of benzene rings is 7. The Hall–Kier alpha value is -6.40. The number of hydrogen-bond acceptors (Lipinski definition) is 5. The third-order valence-corrected chi connectivity index (χ3v) is 14.2. The van der Waals surface area contributed by atoms with E-state index in [-0.39, 0.29) is 0 Å². The fourth-order valence-electron chi connectivity index (χ4n) is 9.94. The Kier molecular flexibility index (Phi) is 8.35. The molecule has 278 valence electrons. The minimum absolute atomic E-state index is 0.618. The van der Waals surface area contributed by atoms with Crippen LogP contribution >= 0.6 is 0 Å². The molecule has 6 nitrogen and oxygen atoms in total. The van der Waals surface area contributed by atoms with Crippen molar-refractivity contribution in [2.45, 2.75) is 0 Å². The van der Waals surface area contributed by atoms with E-state index in [4.69, 9.17) is 23.8 Å². The summed E-state index contributed by atoms with van der Waals surface area (Å²) in [6, 6.07) is 34.1. The van der Waals surface area contributed by atoms with Gasteiger partial charge in [-0.25, -0.2) is 15.0 Å². The van der Waals surface area contributed by atoms with Gasteiger partial charge in [-0.05, 0) is 42.5 Å². The van der Waals surface area contributed by atoms with Gasteiger partial charge in [0, 0.05) is 55.1 Å². The lowest BCUT2D eigenvalue weighted by Gasteiger charge is -2.22. The number of aromatic nitrogens is 4. The molecule has 0 amide bonds. The van der Waals surface area contributed by atoms with Crippen LogP contribution in [-0.2, 0) is 0 Å². The molecular formula is C45H36B10N4O2. The highest BCUT2D eigenvalue weighted by Crippen LogP contribution is 2.41. The van der Waals surface area contributed by atoms with Crippen LogP contribution < -0.4 is 54.6 Å². The topological polar surface area (TPSA) is 69.9 Å². The third-order valence-electron chi connectivity index (χ3n) is 14.2. The van der Waals surface area contributed by atoms with Gasteiger partial charge >= 0.3 is 0 Å². The zero-order valence-corrected chi connectivity index (χ0v) is 36.3. The molecule has 0 atom stereocenters. The van der Waals surface area contributed by atoms with Gasteiger partial charge in [-0.1, -0.05) is 70.4 Å². The van der Waals surface area contributed by atoms with Crippen molar-refractivity contribution in [3.8, 4) is 39.9 Å². The molecule has 0 spiro atoms. The van der Waals surface area contributed by atoms with E-state index in [2.05, 4.69) is 168 Å². The van der Waals surface area contributed by atoms with Gasteiger partial charge in [-0.15, -0.1) is 32.8 Å². The maximum atomic E-state index is 6.80. The Morgan fingerprint density at radius 1 is 0.377 bits per heavy atom. The Morgan fingerprint density at radius 3 is 1.49 bits per heavy atom. The molecule has 0 aliphatic carbocycles. The van der Waals surface area contributed by atoms with Crippen LogP contribution in [0, 0.1) is 0 Å². The Morgan fingerprint density at radius 2 is 0.852 bits per heavy atom. The molecule has 0 fully saturated rings. The Bertz CT molecular complexity index is 3600. The normalized spacial score (nSPS) is 11.9. The van der Waals surface area contributed by atoms with E-state index >= 15 is 0 Å². The first-order valence-electron chi connectivity index (χ1n) is 21.1. The third kappa shape index (κ3) is 5.40. The molecule has 0 aliphatic rings. The highest BCUT2D eigenvalue weighted by atomic mass is 16.3. The number of fused-ring (bicyclic) bond motifs is 10. The van der Waals surface area contributed by atoms with Crippen LogP contribution in [-0.4, -0.2) is 98.0 Å². The van der Waals surface area contributed by atoms with Crippen LogP contribution in [0.25, 0.3) is 106 Å². The summed E-state index contributed by atoms with van der Waals surface area (Å²) >= 11 is 0. The van der Waals surface area contributed by atoms with E-state index < -0.39 is 0 Å². The predicted molar refractivity (Wildman–Crippen MR) is 287 cm³/mol. The maximum absolute atomic E-state index is 6.80. The molecule has 7 aromatic carbocycles. The molecule has 0 bridgehead atoms. The molecule has 0 aliphatic heterocycles. The van der Waals surface area contributed by atoms with Crippen molar-refractivity contribution in [1.82, 2.24) is 19.5 Å². The van der Waals surface area contributed by atoms with Gasteiger partial charge < -0.3 is 13.4 Å². The average molecular weight is 773 g/mol. The maximum Gasteiger partial charge on any atom is 0.164 e. The monoisotopic (exact) mass is 774 g/mol. The molecule has 4 aromatic heterocycles. The van der Waals surface area contributed by atoms with Gasteiger partial charge in [0.2, 0.25) is 0 Å². The predicted octanol–water partition coefficient (Wildman–Crippen LogP) is -5.65. The summed E-state index contributed by atoms with van der Waals surface area (Å²) in [5, 5.41) is 6.62. The molecule has 61 heavy (non-hydrogen) atoms. The molecule has 11 rings (SSSR count). The van der Waals surface area contributed by atoms with Gasteiger partial charge in [0.1, 0.15) is 95.2 Å². The summed E-state index contributed by atoms with van der Waals surface area (Å²) in [5.74, 6) is 2.00. The molecule has 11 aromatic rings. The highest BCUT2D eigenvalue weighted by Gasteiger charge is 2.23. The van der Waals surface area contributed by atoms with Crippen LogP contribution in [0.5, 0.6) is 0 Å². The second-order valence-corrected chi connectivity index (χ2v) is 17.1. The van der Waals surface area contributed by atoms with E-state index in [1.54, 1.807) is 0 Å². The first kappa shape index (κ1) is 37.6. The summed E-state index contributed by atoms with van der Waals surface area (Å²) in [4.78, 5) is 15.9. The number of hydrogen-bond donors (Lipinski definition) is 0. The fourth-order valence-corrected chi connectivity index (χ4v) is 9.94. The summed E-state index contributed by atoms with van der Waals surface area (Å²) in [6.07, 6.45) is 0. The van der Waals surface area contributed by atoms with Gasteiger partial charge in [-0.3, -0.25) is 0 Å². The lowest BCUT2D eigenvalue weighted by molar-refractivity contribution is 0.668. The second-order valence-electron chi connectivity index (χ2n) is 17.1. The summed E-state index contributed by atoms with van der Waals surface area (Å²) in [5.41, 5.74) is 22.0. The van der Waals surface area contributed by atoms with Crippen molar-refractivity contribution < 1.29 is 8.83 Å². The lowest BCUT2D eigenvalue weighted by Crippen LogP contribution is -2.55. The minimum atomic E-state index is 0.618. The second kappa shape index (κ2) is 13.6. The van der Waals surface area contributed by atoms with Crippen LogP contribution in [0.15, 0.2) is 106 Å². The first-order chi connectivity index (χ1) is 29.4. The van der Waals surface area contributed by atoms with Gasteiger partial charge in [0.15, 0.2) is 23.1 Å². The molecule has 0 saturated carbocycles. The number of rotatable bonds is 4. The fraction of sp³-hybridized carbons (Fsp3) is 0. The number of para-hydroxylation sites is 2. The zero-order chi connectivity index (χ0) is 42.2. The van der Waals surface area contributed by atoms with Crippen molar-refractivity contribution in [1.29, 1.82) is 0 Å². The Balaban J connectivity index is 1.11. The van der Waals surface area contributed by atoms with Gasteiger partial charge in [-0.2, -0.15) is 0 Å². The molecule has 0 N–H and O–H groups in total. The molecular weight excluding hydrogens is 737 g/mol. The van der Waals surface area contributed by atoms with Gasteiger partial charge in [0.25, 0.3) is 0 Å². The molecule has 4 heterocycles. The van der Waals surface area contributed by atoms with Crippen LogP contribution in [0.4, 0.5) is 0 Å². The van der Waals surface area contributed by atoms with E-state index in [1.807, 2.05) is 12.1 Å². The van der Waals surface area contributed by atoms with E-state index in [9.17, 15) is 0 Å². The van der Waals surface area contributed by atoms with E-state index in [1.165, 1.54) is 60.0 Å². The van der Waals surface area contributed by atoms with E-state index in [0.717, 1.165) is 82.7 Å². The standard InChI is InChI=1S/C45H36B10N4O2/c46-31-29(32(47)36(51)39(54)35(31)50)44-56-43(57-45(58-44)30-33(48)37(52)40(55)38(53)34(30)49)17-9-11-21-22-12-10-18(16-28(22)60-27(21)15-17)59-25-7-3-1-5-19(25)23-13-14-24-20-6-2-4-8-26(20)61-42(24)41(23)59/h1-16H,46-55H2. The lowest BCUT2D eigenvalue weighted by atomic mass is 9.60. The molecule has 16 heteroatoms. The van der Waals surface area contributed by atoms with Crippen LogP contribution in [0.2, 0.25) is 0 Å². The van der Waals surface area contributed by atoms with Crippen LogP contribution in [0.1, 0.15) is 0 Å². The summed E-state index contributed by atoms with van der Waals surface area (Å²) in [7, 11) is 22.0. The van der Waals surface area contributed by atoms with E-state index in [0.29, 0.717) is 17.5 Å². The minimum Gasteiger partial charge on any atom is -0.456 e. The van der Waals surface area contributed by atoms with Crippen molar-refractivity contribution in [2.24, 2.45) is 0 Å². The highest BCUT2D eigenvalue weighted by molar-refractivity contribution is 6.70. The Labute approximate surface area is 362 Å². The SMILES string of the molecule is Bc1c(B)c(B)c(-c2nc(-c3ccc4c(c3)oc3cc(-n5c6ccccc6c6ccc7c8ccccc8oc7c65)ccc34)nc(-c3c(B)c(B)c(B)c(B)c3B)n2)c(B)c1B. The average Bonchev–Trinajstić information content (AvgIpc) is 3.95. The molecule has 0 saturated heterocycles. The number of furan rings is 2. The van der Waals surface area contributed by atoms with Crippen molar-refractivity contribution in [2.75, 3.05) is 0 Å². The first-order valence-corrected chi connectivity index (χ1v) is 21.1. The summed E-state index contributed by atoms with van der Waals surface area (Å²) in [6.45, 7) is 0. The molecule has 0 unspecified atom stereocenters. The quantitative estimate of drug-likeness (QED) is 0.167. The van der Waals surface area contributed by atoms with Crippen molar-refractivity contribution in [3.05, 3.63) is 97.1 Å². The van der Waals surface area contributed by atoms with Crippen molar-refractivity contribution >= 4 is 199 Å². The zero-order valence-electron chi connectivity index (χ0n) is 36.3. The van der Waals surface area contributed by atoms with Crippen molar-refractivity contribution in [3.63, 3.8) is 0 Å². The molecule has 0 radical (unpaired) electrons. The largest absolute Gasteiger partial charge is 0.456 e. The van der Waals surface area contributed by atoms with Gasteiger partial charge in [0.05, 0.1) is 16.7 Å². The van der Waals surface area contributed by atoms with Crippen LogP contribution in [0.3, 0.4) is 0 Å². The summed E-state index contributed by atoms with van der Waals surface area (Å²) < 4.78 is 15.7.